The van der Waals surface area contributed by atoms with Crippen LogP contribution in [0.25, 0.3) is 11.0 Å². The van der Waals surface area contributed by atoms with Crippen molar-refractivity contribution in [2.75, 3.05) is 10.6 Å². The number of hydrogen-bond acceptors (Lipinski definition) is 7. The predicted octanol–water partition coefficient (Wildman–Crippen LogP) is 2.28. The topological polar surface area (TPSA) is 110 Å². The van der Waals surface area contributed by atoms with E-state index in [2.05, 4.69) is 24.4 Å². The Kier molecular flexibility index (Phi) is 3.27. The van der Waals surface area contributed by atoms with Gasteiger partial charge in [0.25, 0.3) is 5.91 Å². The van der Waals surface area contributed by atoms with E-state index in [9.17, 15) is 9.59 Å². The lowest BCUT2D eigenvalue weighted by Crippen LogP contribution is -2.15. The van der Waals surface area contributed by atoms with Gasteiger partial charge < -0.3 is 9.73 Å². The molecule has 3 aromatic rings. The van der Waals surface area contributed by atoms with Crippen LogP contribution in [0.4, 0.5) is 11.7 Å². The molecule has 0 unspecified atom stereocenters. The molecule has 0 spiro atoms. The molecule has 0 atom stereocenters. The standard InChI is InChI=1S/C14H11N5O3S/c20-12(7-4-5-7)17-14-16-10(6-22-14)13(21)15-8-2-1-3-9-11(8)19-23-18-9/h1-3,6-7H,4-5H2,(H,15,21)(H,16,17,20). The van der Waals surface area contributed by atoms with Gasteiger partial charge >= 0.3 is 6.01 Å². The van der Waals surface area contributed by atoms with E-state index in [1.54, 1.807) is 12.1 Å². The van der Waals surface area contributed by atoms with Gasteiger partial charge in [0.1, 0.15) is 17.3 Å². The van der Waals surface area contributed by atoms with Crippen LogP contribution in [-0.2, 0) is 4.79 Å². The monoisotopic (exact) mass is 329 g/mol. The maximum absolute atomic E-state index is 12.2. The van der Waals surface area contributed by atoms with Crippen molar-refractivity contribution in [3.63, 3.8) is 0 Å². The average molecular weight is 329 g/mol. The molecule has 1 fully saturated rings. The molecular weight excluding hydrogens is 318 g/mol. The zero-order chi connectivity index (χ0) is 15.8. The summed E-state index contributed by atoms with van der Waals surface area (Å²) in [5, 5.41) is 5.27. The summed E-state index contributed by atoms with van der Waals surface area (Å²) in [6.45, 7) is 0. The van der Waals surface area contributed by atoms with Gasteiger partial charge in [0, 0.05) is 5.92 Å². The Morgan fingerprint density at radius 3 is 2.91 bits per heavy atom. The van der Waals surface area contributed by atoms with Crippen LogP contribution in [0.2, 0.25) is 0 Å². The van der Waals surface area contributed by atoms with E-state index in [0.717, 1.165) is 24.6 Å². The molecule has 2 heterocycles. The molecule has 2 aromatic heterocycles. The third-order valence-electron chi connectivity index (χ3n) is 3.45. The summed E-state index contributed by atoms with van der Waals surface area (Å²) in [6, 6.07) is 5.36. The summed E-state index contributed by atoms with van der Waals surface area (Å²) in [4.78, 5) is 27.9. The number of oxazole rings is 1. The van der Waals surface area contributed by atoms with Crippen LogP contribution in [0.15, 0.2) is 28.9 Å². The van der Waals surface area contributed by atoms with Gasteiger partial charge in [0.2, 0.25) is 5.91 Å². The van der Waals surface area contributed by atoms with Gasteiger partial charge in [-0.2, -0.15) is 13.7 Å². The van der Waals surface area contributed by atoms with Crippen LogP contribution in [-0.4, -0.2) is 25.5 Å². The van der Waals surface area contributed by atoms with Gasteiger partial charge in [-0.1, -0.05) is 6.07 Å². The summed E-state index contributed by atoms with van der Waals surface area (Å²) in [6.07, 6.45) is 2.97. The molecule has 0 saturated heterocycles. The number of carbonyl (C=O) groups excluding carboxylic acids is 2. The molecule has 0 radical (unpaired) electrons. The van der Waals surface area contributed by atoms with Crippen LogP contribution < -0.4 is 10.6 Å². The first-order chi connectivity index (χ1) is 11.2. The molecule has 23 heavy (non-hydrogen) atoms. The van der Waals surface area contributed by atoms with Crippen LogP contribution in [0.3, 0.4) is 0 Å². The van der Waals surface area contributed by atoms with Gasteiger partial charge in [0.05, 0.1) is 17.4 Å². The minimum absolute atomic E-state index is 0.0283. The first-order valence-corrected chi connectivity index (χ1v) is 7.73. The molecule has 8 nitrogen and oxygen atoms in total. The fourth-order valence-electron chi connectivity index (χ4n) is 2.08. The lowest BCUT2D eigenvalue weighted by molar-refractivity contribution is -0.117. The Balaban J connectivity index is 1.49. The Morgan fingerprint density at radius 2 is 2.09 bits per heavy atom. The molecule has 0 aliphatic heterocycles. The van der Waals surface area contributed by atoms with Crippen LogP contribution in [0.1, 0.15) is 23.3 Å². The Bertz CT molecular complexity index is 899. The SMILES string of the molecule is O=C(Nc1cccc2nsnc12)c1coc(NC(=O)C2CC2)n1. The fraction of sp³-hybridized carbons (Fsp3) is 0.214. The van der Waals surface area contributed by atoms with Crippen molar-refractivity contribution in [3.8, 4) is 0 Å². The molecule has 2 N–H and O–H groups in total. The highest BCUT2D eigenvalue weighted by molar-refractivity contribution is 7.00. The quantitative estimate of drug-likeness (QED) is 0.760. The number of rotatable bonds is 4. The van der Waals surface area contributed by atoms with Gasteiger partial charge in [-0.15, -0.1) is 0 Å². The second-order valence-corrected chi connectivity index (χ2v) is 5.72. The lowest BCUT2D eigenvalue weighted by atomic mass is 10.2. The number of anilines is 2. The third-order valence-corrected chi connectivity index (χ3v) is 3.99. The van der Waals surface area contributed by atoms with Crippen molar-refractivity contribution in [2.45, 2.75) is 12.8 Å². The molecule has 1 saturated carbocycles. The second-order valence-electron chi connectivity index (χ2n) is 5.19. The first-order valence-electron chi connectivity index (χ1n) is 7.00. The van der Waals surface area contributed by atoms with E-state index in [4.69, 9.17) is 4.42 Å². The van der Waals surface area contributed by atoms with Gasteiger partial charge in [-0.25, -0.2) is 0 Å². The Labute approximate surface area is 134 Å². The van der Waals surface area contributed by atoms with Crippen molar-refractivity contribution in [2.24, 2.45) is 5.92 Å². The number of fused-ring (bicyclic) bond motifs is 1. The number of amides is 2. The highest BCUT2D eigenvalue weighted by Crippen LogP contribution is 2.30. The highest BCUT2D eigenvalue weighted by Gasteiger charge is 2.30. The van der Waals surface area contributed by atoms with Gasteiger partial charge in [-0.3, -0.25) is 14.9 Å². The van der Waals surface area contributed by atoms with Crippen molar-refractivity contribution in [3.05, 3.63) is 30.2 Å². The summed E-state index contributed by atoms with van der Waals surface area (Å²) in [5.74, 6) is -0.535. The number of carbonyl (C=O) groups is 2. The largest absolute Gasteiger partial charge is 0.431 e. The first kappa shape index (κ1) is 13.8. The van der Waals surface area contributed by atoms with Crippen LogP contribution >= 0.6 is 11.7 Å². The normalized spacial score (nSPS) is 13.9. The van der Waals surface area contributed by atoms with Crippen molar-refractivity contribution >= 4 is 46.3 Å². The van der Waals surface area contributed by atoms with E-state index >= 15 is 0 Å². The number of nitrogens with zero attached hydrogens (tertiary/aromatic N) is 3. The minimum atomic E-state index is -0.443. The second kappa shape index (κ2) is 5.43. The average Bonchev–Trinajstić information content (AvgIpc) is 3.10. The Hall–Kier alpha value is -2.81. The highest BCUT2D eigenvalue weighted by atomic mass is 32.1. The molecule has 9 heteroatoms. The molecule has 1 aliphatic carbocycles. The van der Waals surface area contributed by atoms with E-state index in [1.807, 2.05) is 6.07 Å². The zero-order valence-corrected chi connectivity index (χ0v) is 12.6. The van der Waals surface area contributed by atoms with E-state index < -0.39 is 5.91 Å². The fourth-order valence-corrected chi connectivity index (χ4v) is 2.63. The van der Waals surface area contributed by atoms with Crippen LogP contribution in [0.5, 0.6) is 0 Å². The predicted molar refractivity (Wildman–Crippen MR) is 83.2 cm³/mol. The number of hydrogen-bond donors (Lipinski definition) is 2. The molecule has 1 aliphatic rings. The molecule has 0 bridgehead atoms. The number of nitrogens with one attached hydrogen (secondary N) is 2. The van der Waals surface area contributed by atoms with Crippen molar-refractivity contribution in [1.82, 2.24) is 13.7 Å². The maximum Gasteiger partial charge on any atom is 0.302 e. The van der Waals surface area contributed by atoms with E-state index in [0.29, 0.717) is 16.7 Å². The van der Waals surface area contributed by atoms with Gasteiger partial charge in [0.15, 0.2) is 5.69 Å². The zero-order valence-electron chi connectivity index (χ0n) is 11.8. The molecule has 4 rings (SSSR count). The van der Waals surface area contributed by atoms with Gasteiger partial charge in [-0.05, 0) is 25.0 Å². The lowest BCUT2D eigenvalue weighted by Gasteiger charge is -2.02. The summed E-state index contributed by atoms with van der Waals surface area (Å²) in [7, 11) is 0. The molecule has 116 valence electrons. The van der Waals surface area contributed by atoms with Crippen molar-refractivity contribution in [1.29, 1.82) is 0 Å². The summed E-state index contributed by atoms with van der Waals surface area (Å²) >= 11 is 1.08. The molecular formula is C14H11N5O3S. The van der Waals surface area contributed by atoms with Crippen molar-refractivity contribution < 1.29 is 14.0 Å². The number of benzene rings is 1. The molecule has 2 amide bonds. The minimum Gasteiger partial charge on any atom is -0.431 e. The van der Waals surface area contributed by atoms with E-state index in [-0.39, 0.29) is 23.5 Å². The number of aromatic nitrogens is 3. The summed E-state index contributed by atoms with van der Waals surface area (Å²) in [5.41, 5.74) is 1.96. The Morgan fingerprint density at radius 1 is 1.22 bits per heavy atom. The smallest absolute Gasteiger partial charge is 0.302 e. The third kappa shape index (κ3) is 2.78. The molecule has 1 aromatic carbocycles. The van der Waals surface area contributed by atoms with Crippen LogP contribution in [0, 0.1) is 5.92 Å². The summed E-state index contributed by atoms with van der Waals surface area (Å²) < 4.78 is 13.4. The van der Waals surface area contributed by atoms with E-state index in [1.165, 1.54) is 6.26 Å². The maximum atomic E-state index is 12.2.